The number of methoxy groups -OCH3 is 3. The van der Waals surface area contributed by atoms with Crippen molar-refractivity contribution in [2.45, 2.75) is 178 Å². The maximum Gasteiger partial charge on any atom is 0.161 e. The molecule has 54 heavy (non-hydrogen) atoms. The van der Waals surface area contributed by atoms with Gasteiger partial charge in [0.25, 0.3) is 0 Å². The van der Waals surface area contributed by atoms with Crippen LogP contribution in [-0.4, -0.2) is 123 Å². The van der Waals surface area contributed by atoms with Crippen molar-refractivity contribution in [1.29, 1.82) is 0 Å². The molecule has 304 valence electrons. The van der Waals surface area contributed by atoms with E-state index in [9.17, 15) is 15.0 Å². The van der Waals surface area contributed by atoms with Crippen molar-refractivity contribution in [3.63, 3.8) is 0 Å². The van der Waals surface area contributed by atoms with Crippen LogP contribution in [0.25, 0.3) is 0 Å². The first kappa shape index (κ1) is 40.4. The molecule has 2 N–H and O–H groups in total. The molecule has 3 saturated heterocycles. The highest BCUT2D eigenvalue weighted by Gasteiger charge is 2.55. The fourth-order valence-electron chi connectivity index (χ4n) is 10.6. The third-order valence-electron chi connectivity index (χ3n) is 13.6. The monoisotopic (exact) mass is 762 g/mol. The molecule has 3 aliphatic heterocycles. The van der Waals surface area contributed by atoms with E-state index >= 15 is 0 Å². The molecule has 4 heterocycles. The lowest BCUT2D eigenvalue weighted by Gasteiger charge is -2.54. The smallest absolute Gasteiger partial charge is 0.161 e. The van der Waals surface area contributed by atoms with E-state index < -0.39 is 67.7 Å². The van der Waals surface area contributed by atoms with Crippen LogP contribution < -0.4 is 0 Å². The highest BCUT2D eigenvalue weighted by atomic mass is 16.7. The lowest BCUT2D eigenvalue weighted by Crippen LogP contribution is -2.57. The third-order valence-corrected chi connectivity index (χ3v) is 13.6. The van der Waals surface area contributed by atoms with Crippen LogP contribution in [0.15, 0.2) is 28.4 Å². The van der Waals surface area contributed by atoms with Crippen LogP contribution in [0.3, 0.4) is 0 Å². The molecule has 13 heteroatoms. The van der Waals surface area contributed by atoms with Gasteiger partial charge in [0, 0.05) is 58.0 Å². The van der Waals surface area contributed by atoms with Crippen molar-refractivity contribution in [2.75, 3.05) is 21.3 Å². The van der Waals surface area contributed by atoms with Crippen LogP contribution in [0, 0.1) is 24.2 Å². The summed E-state index contributed by atoms with van der Waals surface area (Å²) in [6.45, 7) is 9.83. The summed E-state index contributed by atoms with van der Waals surface area (Å²) in [5.74, 6) is 1.15. The zero-order valence-corrected chi connectivity index (χ0v) is 33.1. The molecular formula is C41H62O13. The van der Waals surface area contributed by atoms with E-state index in [0.717, 1.165) is 30.6 Å². The number of fused-ring (bicyclic) bond motifs is 3. The van der Waals surface area contributed by atoms with Gasteiger partial charge in [-0.2, -0.15) is 0 Å². The fraction of sp³-hybridized carbons (Fsp3) is 0.829. The lowest BCUT2D eigenvalue weighted by molar-refractivity contribution is -0.339. The van der Waals surface area contributed by atoms with Crippen LogP contribution in [0.2, 0.25) is 0 Å². The molecule has 2 saturated carbocycles. The molecule has 1 aromatic rings. The zero-order chi connectivity index (χ0) is 38.5. The molecule has 0 radical (unpaired) electrons. The molecule has 0 aromatic carbocycles. The van der Waals surface area contributed by atoms with Crippen LogP contribution in [-0.2, 0) is 47.4 Å². The number of rotatable bonds is 10. The summed E-state index contributed by atoms with van der Waals surface area (Å²) < 4.78 is 61.0. The molecule has 0 unspecified atom stereocenters. The molecule has 1 aromatic heterocycles. The number of aliphatic hydroxyl groups excluding tert-OH is 2. The summed E-state index contributed by atoms with van der Waals surface area (Å²) in [5.41, 5.74) is 2.03. The zero-order valence-electron chi connectivity index (χ0n) is 33.1. The Morgan fingerprint density at radius 3 is 1.93 bits per heavy atom. The second kappa shape index (κ2) is 16.6. The molecule has 3 aliphatic carbocycles. The van der Waals surface area contributed by atoms with Gasteiger partial charge in [0.15, 0.2) is 18.9 Å². The number of allylic oxidation sites excluding steroid dienone is 1. The first-order chi connectivity index (χ1) is 25.8. The Balaban J connectivity index is 0.942. The van der Waals surface area contributed by atoms with Crippen LogP contribution in [0.5, 0.6) is 0 Å². The van der Waals surface area contributed by atoms with E-state index in [1.54, 1.807) is 34.5 Å². The molecule has 7 rings (SSSR count). The molecule has 13 nitrogen and oxygen atoms in total. The average Bonchev–Trinajstić information content (AvgIpc) is 3.57. The summed E-state index contributed by atoms with van der Waals surface area (Å²) in [5, 5.41) is 22.0. The average molecular weight is 763 g/mol. The van der Waals surface area contributed by atoms with Crippen molar-refractivity contribution in [3.05, 3.63) is 35.3 Å². The minimum absolute atomic E-state index is 0.0551. The van der Waals surface area contributed by atoms with E-state index in [0.29, 0.717) is 37.9 Å². The number of Topliss-reactive ketones (excluding diaryl/α,β-unsaturated/α-hetero) is 1. The number of ether oxygens (including phenoxy) is 9. The highest BCUT2D eigenvalue weighted by molar-refractivity contribution is 5.89. The summed E-state index contributed by atoms with van der Waals surface area (Å²) in [6, 6.07) is 1.94. The van der Waals surface area contributed by atoms with E-state index in [2.05, 4.69) is 13.0 Å². The molecule has 6 aliphatic rings. The lowest BCUT2D eigenvalue weighted by atomic mass is 9.51. The van der Waals surface area contributed by atoms with Crippen molar-refractivity contribution < 1.29 is 62.1 Å². The summed E-state index contributed by atoms with van der Waals surface area (Å²) >= 11 is 0. The second-order valence-corrected chi connectivity index (χ2v) is 16.7. The standard InChI is InChI=1S/C41H62O13/c1-20-25(13-14-48-20)26-11-12-28-27(38(26)44)10-9-24-15-30(29(42)19-41(24,28)5)52-34-17-32(46-7)39(22(3)50-34)54-36-18-33(47-8)40(23(4)51-36)53-35-16-31(45-6)37(43)21(2)49-35/h9,13-14,21-23,26-37,39-40,42-43H,10-12,15-19H2,1-8H3/t21-,22-,23+,26-,27-,28+,29-,30-,31+,32+,33+,34+,35+,36+,37-,39-,40-,41+/m1/s1. The Labute approximate surface area is 319 Å². The minimum Gasteiger partial charge on any atom is -0.469 e. The van der Waals surface area contributed by atoms with E-state index in [4.69, 9.17) is 47.0 Å². The summed E-state index contributed by atoms with van der Waals surface area (Å²) in [4.78, 5) is 13.8. The second-order valence-electron chi connectivity index (χ2n) is 16.7. The minimum atomic E-state index is -0.730. The Kier molecular flexibility index (Phi) is 12.4. The van der Waals surface area contributed by atoms with Gasteiger partial charge in [-0.1, -0.05) is 18.6 Å². The normalized spacial score (nSPS) is 47.1. The highest BCUT2D eigenvalue weighted by Crippen LogP contribution is 2.58. The Hall–Kier alpha value is -1.75. The number of aliphatic hydroxyl groups is 2. The first-order valence-electron chi connectivity index (χ1n) is 20.0. The number of carbonyl (C=O) groups is 1. The number of hydrogen-bond acceptors (Lipinski definition) is 13. The van der Waals surface area contributed by atoms with E-state index in [1.807, 2.05) is 26.8 Å². The van der Waals surface area contributed by atoms with Gasteiger partial charge < -0.3 is 57.3 Å². The Morgan fingerprint density at radius 1 is 0.778 bits per heavy atom. The van der Waals surface area contributed by atoms with Crippen molar-refractivity contribution >= 4 is 5.78 Å². The van der Waals surface area contributed by atoms with Gasteiger partial charge in [-0.3, -0.25) is 4.79 Å². The number of ketones is 1. The number of carbonyl (C=O) groups excluding carboxylic acids is 1. The molecular weight excluding hydrogens is 700 g/mol. The maximum absolute atomic E-state index is 13.8. The van der Waals surface area contributed by atoms with Crippen LogP contribution in [0.4, 0.5) is 0 Å². The van der Waals surface area contributed by atoms with Gasteiger partial charge in [0.05, 0.1) is 55.1 Å². The van der Waals surface area contributed by atoms with Crippen molar-refractivity contribution in [3.8, 4) is 0 Å². The van der Waals surface area contributed by atoms with Gasteiger partial charge in [-0.05, 0) is 77.2 Å². The first-order valence-corrected chi connectivity index (χ1v) is 20.0. The van der Waals surface area contributed by atoms with Gasteiger partial charge in [0.1, 0.15) is 29.9 Å². The molecule has 0 spiro atoms. The quantitative estimate of drug-likeness (QED) is 0.317. The maximum atomic E-state index is 13.8. The topological polar surface area (TPSA) is 154 Å². The van der Waals surface area contributed by atoms with E-state index in [-0.39, 0.29) is 41.5 Å². The van der Waals surface area contributed by atoms with Crippen molar-refractivity contribution in [2.24, 2.45) is 17.3 Å². The molecule has 0 amide bonds. The van der Waals surface area contributed by atoms with Gasteiger partial charge in [0.2, 0.25) is 0 Å². The number of aryl methyl sites for hydroxylation is 1. The van der Waals surface area contributed by atoms with Gasteiger partial charge >= 0.3 is 0 Å². The van der Waals surface area contributed by atoms with E-state index in [1.165, 1.54) is 5.57 Å². The Bertz CT molecular complexity index is 1460. The molecule has 0 bridgehead atoms. The fourth-order valence-corrected chi connectivity index (χ4v) is 10.6. The Morgan fingerprint density at radius 2 is 1.35 bits per heavy atom. The third kappa shape index (κ3) is 7.77. The number of furan rings is 1. The predicted molar refractivity (Wildman–Crippen MR) is 193 cm³/mol. The molecule has 18 atom stereocenters. The van der Waals surface area contributed by atoms with Gasteiger partial charge in [-0.15, -0.1) is 0 Å². The number of hydrogen-bond donors (Lipinski definition) is 2. The van der Waals surface area contributed by atoms with Crippen molar-refractivity contribution in [1.82, 2.24) is 0 Å². The molecule has 5 fully saturated rings. The summed E-state index contributed by atoms with van der Waals surface area (Å²) in [6.07, 6.45) is 1.97. The predicted octanol–water partition coefficient (Wildman–Crippen LogP) is 4.72. The van der Waals surface area contributed by atoms with Crippen LogP contribution >= 0.6 is 0 Å². The SMILES string of the molecule is CO[C@H]1C[C@H](O[C@@H]2[C@H](C)O[C@@H](O[C@H]3[C@@H](OC)C[C@H](O[C@@H]4CC5=CC[C@H]6C(=O)[C@@H](c7ccoc7C)CC[C@@H]6[C@@]5(C)C[C@H]4O)O[C@@H]3C)C[C@@H]2OC)O[C@H](C)[C@H]1O. The summed E-state index contributed by atoms with van der Waals surface area (Å²) in [7, 11) is 4.88. The van der Waals surface area contributed by atoms with Gasteiger partial charge in [-0.25, -0.2) is 0 Å². The largest absolute Gasteiger partial charge is 0.469 e. The van der Waals surface area contributed by atoms with Crippen LogP contribution in [0.1, 0.15) is 96.3 Å².